The van der Waals surface area contributed by atoms with Crippen molar-refractivity contribution in [1.82, 2.24) is 4.98 Å². The Kier molecular flexibility index (Phi) is 1.25. The lowest BCUT2D eigenvalue weighted by Gasteiger charge is -1.97. The van der Waals surface area contributed by atoms with Gasteiger partial charge in [0.2, 0.25) is 0 Å². The highest BCUT2D eigenvalue weighted by molar-refractivity contribution is 5.18. The average molecular weight is 163 g/mol. The van der Waals surface area contributed by atoms with Gasteiger partial charge in [0.1, 0.15) is 12.2 Å². The number of epoxide rings is 2. The molecule has 2 unspecified atom stereocenters. The number of pyridine rings is 1. The molecular formula is C9H9NO2. The molecule has 3 heterocycles. The molecule has 0 aliphatic carbocycles. The largest absolute Gasteiger partial charge is 0.366 e. The Hall–Kier alpha value is -0.930. The highest BCUT2D eigenvalue weighted by Gasteiger charge is 2.30. The van der Waals surface area contributed by atoms with E-state index in [0.717, 1.165) is 24.6 Å². The van der Waals surface area contributed by atoms with E-state index in [0.29, 0.717) is 0 Å². The number of aromatic nitrogens is 1. The van der Waals surface area contributed by atoms with Gasteiger partial charge in [-0.15, -0.1) is 0 Å². The third kappa shape index (κ3) is 1.11. The van der Waals surface area contributed by atoms with Gasteiger partial charge in [-0.2, -0.15) is 0 Å². The van der Waals surface area contributed by atoms with Crippen LogP contribution in [0.1, 0.15) is 23.6 Å². The quantitative estimate of drug-likeness (QED) is 0.615. The molecule has 2 atom stereocenters. The molecule has 0 saturated carbocycles. The van der Waals surface area contributed by atoms with Crippen molar-refractivity contribution in [3.05, 3.63) is 29.6 Å². The number of rotatable bonds is 2. The van der Waals surface area contributed by atoms with Gasteiger partial charge in [-0.25, -0.2) is 0 Å². The van der Waals surface area contributed by atoms with Crippen LogP contribution in [0.25, 0.3) is 0 Å². The van der Waals surface area contributed by atoms with Gasteiger partial charge in [-0.1, -0.05) is 6.07 Å². The highest BCUT2D eigenvalue weighted by atomic mass is 16.6. The van der Waals surface area contributed by atoms with Crippen LogP contribution in [0.3, 0.4) is 0 Å². The first kappa shape index (κ1) is 6.57. The summed E-state index contributed by atoms with van der Waals surface area (Å²) in [6.45, 7) is 1.64. The molecule has 0 N–H and O–H groups in total. The molecule has 0 aromatic carbocycles. The van der Waals surface area contributed by atoms with Crippen molar-refractivity contribution in [1.29, 1.82) is 0 Å². The molecule has 12 heavy (non-hydrogen) atoms. The number of hydrogen-bond donors (Lipinski definition) is 0. The minimum atomic E-state index is 0.253. The molecule has 3 heteroatoms. The van der Waals surface area contributed by atoms with E-state index >= 15 is 0 Å². The predicted octanol–water partition coefficient (Wildman–Crippen LogP) is 1.22. The minimum Gasteiger partial charge on any atom is -0.366 e. The minimum absolute atomic E-state index is 0.253. The van der Waals surface area contributed by atoms with Crippen LogP contribution in [0.15, 0.2) is 18.2 Å². The normalized spacial score (nSPS) is 31.7. The molecular weight excluding hydrogens is 154 g/mol. The Morgan fingerprint density at radius 1 is 1.08 bits per heavy atom. The molecule has 0 amide bonds. The maximum absolute atomic E-state index is 5.15. The lowest BCUT2D eigenvalue weighted by molar-refractivity contribution is 0.402. The van der Waals surface area contributed by atoms with E-state index in [2.05, 4.69) is 4.98 Å². The van der Waals surface area contributed by atoms with Crippen LogP contribution in [-0.2, 0) is 9.47 Å². The molecule has 62 valence electrons. The van der Waals surface area contributed by atoms with Gasteiger partial charge in [0.25, 0.3) is 0 Å². The Morgan fingerprint density at radius 2 is 1.58 bits per heavy atom. The third-order valence-corrected chi connectivity index (χ3v) is 2.12. The summed E-state index contributed by atoms with van der Waals surface area (Å²) in [4.78, 5) is 4.45. The van der Waals surface area contributed by atoms with Gasteiger partial charge < -0.3 is 9.47 Å². The zero-order valence-corrected chi connectivity index (χ0v) is 6.56. The van der Waals surface area contributed by atoms with Gasteiger partial charge in [0, 0.05) is 0 Å². The lowest BCUT2D eigenvalue weighted by Crippen LogP contribution is -1.92. The van der Waals surface area contributed by atoms with Crippen molar-refractivity contribution in [2.45, 2.75) is 12.2 Å². The summed E-state index contributed by atoms with van der Waals surface area (Å²) in [6, 6.07) is 6.02. The van der Waals surface area contributed by atoms with E-state index in [9.17, 15) is 0 Å². The Labute approximate surface area is 70.3 Å². The number of nitrogens with zero attached hydrogens (tertiary/aromatic N) is 1. The smallest absolute Gasteiger partial charge is 0.123 e. The standard InChI is InChI=1S/C9H9NO2/c1-2-6(8-4-11-8)10-7(3-1)9-5-12-9/h1-3,8-9H,4-5H2. The number of ether oxygens (including phenoxy) is 2. The number of hydrogen-bond acceptors (Lipinski definition) is 3. The summed E-state index contributed by atoms with van der Waals surface area (Å²) in [6.07, 6.45) is 0.507. The van der Waals surface area contributed by atoms with Gasteiger partial charge >= 0.3 is 0 Å². The molecule has 1 aromatic rings. The molecule has 2 aliphatic rings. The van der Waals surface area contributed by atoms with Crippen molar-refractivity contribution < 1.29 is 9.47 Å². The Morgan fingerprint density at radius 3 is 2.00 bits per heavy atom. The molecule has 0 bridgehead atoms. The molecule has 2 saturated heterocycles. The fraction of sp³-hybridized carbons (Fsp3) is 0.444. The second-order valence-corrected chi connectivity index (χ2v) is 3.13. The van der Waals surface area contributed by atoms with Crippen LogP contribution in [0.4, 0.5) is 0 Å². The van der Waals surface area contributed by atoms with E-state index in [4.69, 9.17) is 9.47 Å². The summed E-state index contributed by atoms with van der Waals surface area (Å²) in [5.41, 5.74) is 2.09. The van der Waals surface area contributed by atoms with Crippen LogP contribution >= 0.6 is 0 Å². The van der Waals surface area contributed by atoms with E-state index in [1.165, 1.54) is 0 Å². The first-order valence-corrected chi connectivity index (χ1v) is 4.13. The van der Waals surface area contributed by atoms with Crippen molar-refractivity contribution in [2.75, 3.05) is 13.2 Å². The fourth-order valence-electron chi connectivity index (χ4n) is 1.27. The van der Waals surface area contributed by atoms with Crippen LogP contribution in [0.5, 0.6) is 0 Å². The van der Waals surface area contributed by atoms with E-state index in [-0.39, 0.29) is 12.2 Å². The van der Waals surface area contributed by atoms with Gasteiger partial charge in [0.15, 0.2) is 0 Å². The fourth-order valence-corrected chi connectivity index (χ4v) is 1.27. The average Bonchev–Trinajstić information content (AvgIpc) is 2.98. The maximum Gasteiger partial charge on any atom is 0.123 e. The van der Waals surface area contributed by atoms with Crippen molar-refractivity contribution in [2.24, 2.45) is 0 Å². The van der Waals surface area contributed by atoms with Crippen molar-refractivity contribution in [3.63, 3.8) is 0 Å². The zero-order chi connectivity index (χ0) is 7.97. The van der Waals surface area contributed by atoms with Crippen LogP contribution in [-0.4, -0.2) is 18.2 Å². The summed E-state index contributed by atoms with van der Waals surface area (Å²) >= 11 is 0. The van der Waals surface area contributed by atoms with Crippen molar-refractivity contribution in [3.8, 4) is 0 Å². The lowest BCUT2D eigenvalue weighted by atomic mass is 10.2. The van der Waals surface area contributed by atoms with Crippen LogP contribution in [0, 0.1) is 0 Å². The van der Waals surface area contributed by atoms with Gasteiger partial charge in [-0.3, -0.25) is 4.98 Å². The molecule has 0 radical (unpaired) electrons. The maximum atomic E-state index is 5.15. The summed E-state index contributed by atoms with van der Waals surface area (Å²) in [5.74, 6) is 0. The van der Waals surface area contributed by atoms with Crippen LogP contribution in [0.2, 0.25) is 0 Å². The summed E-state index contributed by atoms with van der Waals surface area (Å²) < 4.78 is 10.3. The van der Waals surface area contributed by atoms with Gasteiger partial charge in [-0.05, 0) is 12.1 Å². The first-order chi connectivity index (χ1) is 5.93. The Bertz CT molecular complexity index is 278. The van der Waals surface area contributed by atoms with E-state index < -0.39 is 0 Å². The van der Waals surface area contributed by atoms with E-state index in [1.54, 1.807) is 0 Å². The molecule has 0 spiro atoms. The first-order valence-electron chi connectivity index (χ1n) is 4.13. The molecule has 2 fully saturated rings. The van der Waals surface area contributed by atoms with E-state index in [1.807, 2.05) is 18.2 Å². The topological polar surface area (TPSA) is 38.0 Å². The summed E-state index contributed by atoms with van der Waals surface area (Å²) in [7, 11) is 0. The summed E-state index contributed by atoms with van der Waals surface area (Å²) in [5, 5.41) is 0. The SMILES string of the molecule is c1cc(C2CO2)nc(C2CO2)c1. The third-order valence-electron chi connectivity index (χ3n) is 2.12. The molecule has 1 aromatic heterocycles. The zero-order valence-electron chi connectivity index (χ0n) is 6.56. The monoisotopic (exact) mass is 163 g/mol. The molecule has 2 aliphatic heterocycles. The molecule has 3 rings (SSSR count). The highest BCUT2D eigenvalue weighted by Crippen LogP contribution is 2.32. The second-order valence-electron chi connectivity index (χ2n) is 3.13. The van der Waals surface area contributed by atoms with Gasteiger partial charge in [0.05, 0.1) is 24.6 Å². The predicted molar refractivity (Wildman–Crippen MR) is 41.6 cm³/mol. The molecule has 3 nitrogen and oxygen atoms in total. The van der Waals surface area contributed by atoms with Crippen LogP contribution < -0.4 is 0 Å². The second kappa shape index (κ2) is 2.28. The Balaban J connectivity index is 1.93. The van der Waals surface area contributed by atoms with Crippen molar-refractivity contribution >= 4 is 0 Å².